The van der Waals surface area contributed by atoms with Gasteiger partial charge in [0.05, 0.1) is 11.6 Å². The lowest BCUT2D eigenvalue weighted by atomic mass is 9.97. The Labute approximate surface area is 153 Å². The van der Waals surface area contributed by atoms with Crippen LogP contribution in [0.2, 0.25) is 0 Å². The van der Waals surface area contributed by atoms with E-state index in [-0.39, 0.29) is 5.78 Å². The Kier molecular flexibility index (Phi) is 5.54. The summed E-state index contributed by atoms with van der Waals surface area (Å²) in [5.74, 6) is -0.0916. The van der Waals surface area contributed by atoms with Crippen molar-refractivity contribution in [3.8, 4) is 6.07 Å². The highest BCUT2D eigenvalue weighted by molar-refractivity contribution is 6.10. The normalized spacial score (nSPS) is 11.7. The third-order valence-corrected chi connectivity index (χ3v) is 3.96. The van der Waals surface area contributed by atoms with E-state index in [1.165, 1.54) is 0 Å². The molecule has 0 heterocycles. The Morgan fingerprint density at radius 2 is 1.12 bits per heavy atom. The van der Waals surface area contributed by atoms with Crippen LogP contribution in [-0.2, 0) is 0 Å². The van der Waals surface area contributed by atoms with Crippen molar-refractivity contribution < 1.29 is 4.79 Å². The maximum absolute atomic E-state index is 12.6. The molecule has 0 N–H and O–H groups in total. The van der Waals surface area contributed by atoms with Crippen molar-refractivity contribution in [3.05, 3.63) is 120 Å². The lowest BCUT2D eigenvalue weighted by Crippen LogP contribution is -1.96. The predicted molar refractivity (Wildman–Crippen MR) is 105 cm³/mol. The second kappa shape index (κ2) is 8.41. The van der Waals surface area contributed by atoms with Gasteiger partial charge in [-0.3, -0.25) is 4.79 Å². The predicted octanol–water partition coefficient (Wildman–Crippen LogP) is 5.56. The number of hydrogen-bond donors (Lipinski definition) is 0. The molecule has 3 rings (SSSR count). The third-order valence-electron chi connectivity index (χ3n) is 3.96. The number of hydrogen-bond acceptors (Lipinski definition) is 2. The van der Waals surface area contributed by atoms with Crippen molar-refractivity contribution in [2.24, 2.45) is 0 Å². The minimum absolute atomic E-state index is 0.0916. The standard InChI is InChI=1S/C24H17NO/c25-18-23(20-12-6-2-7-13-20)16-22(19-10-4-1-5-11-19)17-24(26)21-14-8-3-9-15-21/h1-17H/b22-17-,23-16+. The molecule has 3 aromatic carbocycles. The lowest BCUT2D eigenvalue weighted by Gasteiger charge is -2.05. The molecule has 2 heteroatoms. The maximum atomic E-state index is 12.6. The molecule has 0 atom stereocenters. The fourth-order valence-electron chi connectivity index (χ4n) is 2.62. The zero-order valence-corrected chi connectivity index (χ0v) is 14.2. The van der Waals surface area contributed by atoms with Crippen LogP contribution in [0, 0.1) is 11.3 Å². The van der Waals surface area contributed by atoms with Crippen molar-refractivity contribution in [3.63, 3.8) is 0 Å². The SMILES string of the molecule is N#C/C(=C\C(=C\C(=O)c1ccccc1)c1ccccc1)c1ccccc1. The molecule has 0 unspecified atom stereocenters. The smallest absolute Gasteiger partial charge is 0.186 e. The Bertz CT molecular complexity index is 979. The molecule has 0 saturated carbocycles. The molecular formula is C24H17NO. The summed E-state index contributed by atoms with van der Waals surface area (Å²) in [4.78, 5) is 12.6. The molecule has 0 aromatic heterocycles. The summed E-state index contributed by atoms with van der Waals surface area (Å²) in [6.45, 7) is 0. The monoisotopic (exact) mass is 335 g/mol. The van der Waals surface area contributed by atoms with Gasteiger partial charge < -0.3 is 0 Å². The summed E-state index contributed by atoms with van der Waals surface area (Å²) < 4.78 is 0. The highest BCUT2D eigenvalue weighted by Crippen LogP contribution is 2.23. The van der Waals surface area contributed by atoms with E-state index >= 15 is 0 Å². The van der Waals surface area contributed by atoms with Crippen molar-refractivity contribution in [1.82, 2.24) is 0 Å². The van der Waals surface area contributed by atoms with E-state index in [2.05, 4.69) is 6.07 Å². The van der Waals surface area contributed by atoms with Gasteiger partial charge in [-0.2, -0.15) is 5.26 Å². The quantitative estimate of drug-likeness (QED) is 0.265. The molecule has 3 aromatic rings. The molecule has 0 aliphatic heterocycles. The van der Waals surface area contributed by atoms with Crippen LogP contribution in [0.5, 0.6) is 0 Å². The molecule has 2 nitrogen and oxygen atoms in total. The number of carbonyl (C=O) groups excluding carboxylic acids is 1. The van der Waals surface area contributed by atoms with Gasteiger partial charge in [0.15, 0.2) is 5.78 Å². The minimum atomic E-state index is -0.0916. The number of ketones is 1. The van der Waals surface area contributed by atoms with E-state index in [1.54, 1.807) is 24.3 Å². The third kappa shape index (κ3) is 4.23. The van der Waals surface area contributed by atoms with Crippen LogP contribution in [0.15, 0.2) is 103 Å². The van der Waals surface area contributed by atoms with Gasteiger partial charge in [-0.05, 0) is 28.9 Å². The highest BCUT2D eigenvalue weighted by Gasteiger charge is 2.08. The van der Waals surface area contributed by atoms with Crippen LogP contribution in [0.25, 0.3) is 11.1 Å². The summed E-state index contributed by atoms with van der Waals surface area (Å²) in [5, 5.41) is 9.60. The van der Waals surface area contributed by atoms with Gasteiger partial charge in [0, 0.05) is 5.56 Å². The summed E-state index contributed by atoms with van der Waals surface area (Å²) in [6, 6.07) is 30.4. The fraction of sp³-hybridized carbons (Fsp3) is 0. The number of benzene rings is 3. The second-order valence-electron chi connectivity index (χ2n) is 5.73. The van der Waals surface area contributed by atoms with Crippen LogP contribution < -0.4 is 0 Å². The molecule has 0 amide bonds. The van der Waals surface area contributed by atoms with Gasteiger partial charge in [-0.25, -0.2) is 0 Å². The van der Waals surface area contributed by atoms with Crippen LogP contribution in [0.1, 0.15) is 21.5 Å². The molecule has 0 fully saturated rings. The number of nitrogens with zero attached hydrogens (tertiary/aromatic N) is 1. The first-order chi connectivity index (χ1) is 12.8. The average Bonchev–Trinajstić information content (AvgIpc) is 2.73. The Hall–Kier alpha value is -3.70. The fourth-order valence-corrected chi connectivity index (χ4v) is 2.62. The first kappa shape index (κ1) is 17.1. The van der Waals surface area contributed by atoms with Crippen LogP contribution in [-0.4, -0.2) is 5.78 Å². The molecule has 26 heavy (non-hydrogen) atoms. The molecule has 0 spiro atoms. The molecule has 124 valence electrons. The number of rotatable bonds is 5. The van der Waals surface area contributed by atoms with E-state index in [0.29, 0.717) is 16.7 Å². The molecule has 0 saturated heterocycles. The summed E-state index contributed by atoms with van der Waals surface area (Å²) in [6.07, 6.45) is 3.36. The van der Waals surface area contributed by atoms with Crippen molar-refractivity contribution in [2.45, 2.75) is 0 Å². The number of carbonyl (C=O) groups is 1. The zero-order valence-electron chi connectivity index (χ0n) is 14.2. The highest BCUT2D eigenvalue weighted by atomic mass is 16.1. The van der Waals surface area contributed by atoms with E-state index in [4.69, 9.17) is 0 Å². The van der Waals surface area contributed by atoms with Crippen LogP contribution >= 0.6 is 0 Å². The van der Waals surface area contributed by atoms with E-state index in [9.17, 15) is 10.1 Å². The molecule has 0 bridgehead atoms. The van der Waals surface area contributed by atoms with E-state index < -0.39 is 0 Å². The number of nitriles is 1. The summed E-state index contributed by atoms with van der Waals surface area (Å²) in [5.41, 5.74) is 3.55. The largest absolute Gasteiger partial charge is 0.289 e. The first-order valence-corrected chi connectivity index (χ1v) is 8.31. The van der Waals surface area contributed by atoms with Crippen molar-refractivity contribution >= 4 is 16.9 Å². The van der Waals surface area contributed by atoms with Crippen molar-refractivity contribution in [2.75, 3.05) is 0 Å². The minimum Gasteiger partial charge on any atom is -0.289 e. The molecule has 0 aliphatic carbocycles. The average molecular weight is 335 g/mol. The topological polar surface area (TPSA) is 40.9 Å². The molecule has 0 aliphatic rings. The van der Waals surface area contributed by atoms with Crippen molar-refractivity contribution in [1.29, 1.82) is 5.26 Å². The van der Waals surface area contributed by atoms with Gasteiger partial charge >= 0.3 is 0 Å². The van der Waals surface area contributed by atoms with Gasteiger partial charge in [0.2, 0.25) is 0 Å². The van der Waals surface area contributed by atoms with E-state index in [1.807, 2.05) is 78.9 Å². The van der Waals surface area contributed by atoms with Crippen LogP contribution in [0.4, 0.5) is 0 Å². The Morgan fingerprint density at radius 1 is 0.654 bits per heavy atom. The van der Waals surface area contributed by atoms with Gasteiger partial charge in [0.25, 0.3) is 0 Å². The van der Waals surface area contributed by atoms with Gasteiger partial charge in [-0.15, -0.1) is 0 Å². The maximum Gasteiger partial charge on any atom is 0.186 e. The van der Waals surface area contributed by atoms with Gasteiger partial charge in [-0.1, -0.05) is 91.0 Å². The molecule has 0 radical (unpaired) electrons. The Balaban J connectivity index is 2.07. The first-order valence-electron chi connectivity index (χ1n) is 8.31. The van der Waals surface area contributed by atoms with E-state index in [0.717, 1.165) is 11.1 Å². The summed E-state index contributed by atoms with van der Waals surface area (Å²) >= 11 is 0. The molecular weight excluding hydrogens is 318 g/mol. The summed E-state index contributed by atoms with van der Waals surface area (Å²) in [7, 11) is 0. The zero-order chi connectivity index (χ0) is 18.2. The Morgan fingerprint density at radius 3 is 1.62 bits per heavy atom. The van der Waals surface area contributed by atoms with Gasteiger partial charge in [0.1, 0.15) is 0 Å². The number of allylic oxidation sites excluding steroid dienone is 4. The lowest BCUT2D eigenvalue weighted by molar-refractivity contribution is 0.104. The van der Waals surface area contributed by atoms with Crippen LogP contribution in [0.3, 0.4) is 0 Å². The second-order valence-corrected chi connectivity index (χ2v) is 5.73.